The molecule has 0 bridgehead atoms. The summed E-state index contributed by atoms with van der Waals surface area (Å²) in [4.78, 5) is 5.04. The first-order valence-corrected chi connectivity index (χ1v) is 9.90. The first kappa shape index (κ1) is 16.5. The van der Waals surface area contributed by atoms with E-state index in [9.17, 15) is 0 Å². The van der Waals surface area contributed by atoms with Crippen LogP contribution in [0.2, 0.25) is 0 Å². The third kappa shape index (κ3) is 3.11. The number of ether oxygens (including phenoxy) is 2. The first-order chi connectivity index (χ1) is 13.3. The van der Waals surface area contributed by atoms with Crippen LogP contribution in [0.1, 0.15) is 44.1 Å². The second-order valence-corrected chi connectivity index (χ2v) is 7.64. The number of nitrogens with zero attached hydrogens (tertiary/aromatic N) is 1. The summed E-state index contributed by atoms with van der Waals surface area (Å²) in [7, 11) is 0. The van der Waals surface area contributed by atoms with Crippen molar-refractivity contribution in [3.05, 3.63) is 48.0 Å². The highest BCUT2D eigenvalue weighted by molar-refractivity contribution is 6.09. The molecule has 3 aliphatic rings. The average Bonchev–Trinajstić information content (AvgIpc) is 3.05. The topological polar surface area (TPSA) is 54.9 Å². The molecular weight excluding hydrogens is 338 g/mol. The molecule has 2 aliphatic heterocycles. The molecule has 0 radical (unpaired) electrons. The van der Waals surface area contributed by atoms with E-state index in [1.165, 1.54) is 31.4 Å². The van der Waals surface area contributed by atoms with Crippen molar-refractivity contribution in [3.63, 3.8) is 0 Å². The maximum atomic E-state index is 5.51. The fraction of sp³-hybridized carbons (Fsp3) is 0.409. The van der Waals surface area contributed by atoms with Crippen LogP contribution in [0.25, 0.3) is 0 Å². The molecule has 5 nitrogen and oxygen atoms in total. The van der Waals surface area contributed by atoms with Gasteiger partial charge in [0.15, 0.2) is 11.5 Å². The summed E-state index contributed by atoms with van der Waals surface area (Å²) in [5, 5.41) is 7.48. The number of hydrogen-bond donors (Lipinski definition) is 2. The van der Waals surface area contributed by atoms with Crippen LogP contribution in [-0.2, 0) is 6.54 Å². The van der Waals surface area contributed by atoms with Crippen molar-refractivity contribution in [3.8, 4) is 11.5 Å². The Bertz CT molecular complexity index is 870. The molecule has 2 heterocycles. The monoisotopic (exact) mass is 363 g/mol. The minimum Gasteiger partial charge on any atom is -0.454 e. The normalized spacial score (nSPS) is 21.3. The molecule has 2 N–H and O–H groups in total. The van der Waals surface area contributed by atoms with Crippen LogP contribution in [0.15, 0.2) is 47.5 Å². The van der Waals surface area contributed by atoms with Gasteiger partial charge in [-0.3, -0.25) is 4.99 Å². The van der Waals surface area contributed by atoms with E-state index in [1.807, 2.05) is 12.1 Å². The van der Waals surface area contributed by atoms with Gasteiger partial charge in [-0.15, -0.1) is 0 Å². The minimum absolute atomic E-state index is 0.0822. The number of aliphatic imine (C=N–C) groups is 1. The molecule has 5 heteroatoms. The number of para-hydroxylation sites is 2. The van der Waals surface area contributed by atoms with Crippen LogP contribution in [0, 0.1) is 0 Å². The van der Waals surface area contributed by atoms with Gasteiger partial charge in [0.1, 0.15) is 5.84 Å². The maximum absolute atomic E-state index is 5.51. The van der Waals surface area contributed by atoms with E-state index >= 15 is 0 Å². The van der Waals surface area contributed by atoms with Crippen LogP contribution in [0.5, 0.6) is 11.5 Å². The van der Waals surface area contributed by atoms with Crippen molar-refractivity contribution in [2.24, 2.45) is 4.99 Å². The smallest absolute Gasteiger partial charge is 0.231 e. The number of anilines is 2. The summed E-state index contributed by atoms with van der Waals surface area (Å²) in [6.07, 6.45) is 7.32. The Morgan fingerprint density at radius 1 is 0.889 bits per heavy atom. The predicted molar refractivity (Wildman–Crippen MR) is 108 cm³/mol. The molecule has 1 saturated carbocycles. The predicted octanol–water partition coefficient (Wildman–Crippen LogP) is 4.94. The molecule has 0 unspecified atom stereocenters. The summed E-state index contributed by atoms with van der Waals surface area (Å²) in [5.41, 5.74) is 3.34. The van der Waals surface area contributed by atoms with Crippen molar-refractivity contribution < 1.29 is 9.47 Å². The standard InChI is InChI=1S/C22H25N3O2/c1-2-6-12-22(11-5-1)21(24-17-7-3-4-8-18(17)25-22)23-14-16-9-10-19-20(13-16)27-15-26-19/h3-4,7-10,13,25H,1-2,5-6,11-12,14-15H2,(H,23,24). The number of hydrogen-bond acceptors (Lipinski definition) is 4. The van der Waals surface area contributed by atoms with E-state index in [-0.39, 0.29) is 5.54 Å². The molecule has 1 spiro atoms. The van der Waals surface area contributed by atoms with E-state index in [0.29, 0.717) is 13.3 Å². The summed E-state index contributed by atoms with van der Waals surface area (Å²) in [6.45, 7) is 0.934. The van der Waals surface area contributed by atoms with Gasteiger partial charge in [0.05, 0.1) is 23.5 Å². The Balaban J connectivity index is 1.46. The van der Waals surface area contributed by atoms with Crippen molar-refractivity contribution >= 4 is 17.2 Å². The summed E-state index contributed by atoms with van der Waals surface area (Å²) < 4.78 is 10.9. The first-order valence-electron chi connectivity index (χ1n) is 9.90. The van der Waals surface area contributed by atoms with Gasteiger partial charge >= 0.3 is 0 Å². The van der Waals surface area contributed by atoms with Crippen molar-refractivity contribution in [1.29, 1.82) is 0 Å². The summed E-state index contributed by atoms with van der Waals surface area (Å²) >= 11 is 0. The van der Waals surface area contributed by atoms with Gasteiger partial charge in [-0.05, 0) is 42.7 Å². The Hall–Kier alpha value is -2.69. The number of nitrogens with one attached hydrogen (secondary N) is 2. The molecule has 1 aliphatic carbocycles. The molecular formula is C22H25N3O2. The maximum Gasteiger partial charge on any atom is 0.231 e. The molecule has 2 aromatic carbocycles. The highest BCUT2D eigenvalue weighted by Crippen LogP contribution is 2.39. The number of benzene rings is 2. The third-order valence-corrected chi connectivity index (χ3v) is 5.82. The molecule has 0 atom stereocenters. The van der Waals surface area contributed by atoms with Crippen molar-refractivity contribution in [1.82, 2.24) is 0 Å². The highest BCUT2D eigenvalue weighted by atomic mass is 16.7. The molecule has 27 heavy (non-hydrogen) atoms. The number of rotatable bonds is 2. The fourth-order valence-corrected chi connectivity index (χ4v) is 4.36. The summed E-state index contributed by atoms with van der Waals surface area (Å²) in [6, 6.07) is 14.5. The Labute approximate surface area is 159 Å². The van der Waals surface area contributed by atoms with Gasteiger partial charge in [-0.25, -0.2) is 0 Å². The molecule has 0 aromatic heterocycles. The van der Waals surface area contributed by atoms with Crippen LogP contribution >= 0.6 is 0 Å². The van der Waals surface area contributed by atoms with E-state index in [0.717, 1.165) is 41.4 Å². The lowest BCUT2D eigenvalue weighted by Gasteiger charge is -2.41. The molecule has 5 rings (SSSR count). The quantitative estimate of drug-likeness (QED) is 0.793. The van der Waals surface area contributed by atoms with E-state index in [2.05, 4.69) is 41.0 Å². The molecule has 1 fully saturated rings. The van der Waals surface area contributed by atoms with Gasteiger partial charge in [-0.2, -0.15) is 0 Å². The van der Waals surface area contributed by atoms with E-state index in [4.69, 9.17) is 14.5 Å². The van der Waals surface area contributed by atoms with Crippen LogP contribution in [0.3, 0.4) is 0 Å². The Morgan fingerprint density at radius 3 is 2.52 bits per heavy atom. The van der Waals surface area contributed by atoms with Crippen LogP contribution in [0.4, 0.5) is 11.4 Å². The van der Waals surface area contributed by atoms with Gasteiger partial charge in [0, 0.05) is 0 Å². The molecule has 0 saturated heterocycles. The van der Waals surface area contributed by atoms with Crippen LogP contribution < -0.4 is 20.1 Å². The lowest BCUT2D eigenvalue weighted by Crippen LogP contribution is -2.52. The summed E-state index contributed by atoms with van der Waals surface area (Å²) in [5.74, 6) is 2.70. The van der Waals surface area contributed by atoms with Crippen LogP contribution in [-0.4, -0.2) is 18.2 Å². The SMILES string of the molecule is c1ccc2c(c1)NC(=NCc1ccc3c(c1)OCO3)C1(CCCCCC1)N2. The Morgan fingerprint density at radius 2 is 1.67 bits per heavy atom. The zero-order chi connectivity index (χ0) is 18.1. The molecule has 140 valence electrons. The zero-order valence-corrected chi connectivity index (χ0v) is 15.5. The van der Waals surface area contributed by atoms with E-state index in [1.54, 1.807) is 0 Å². The molecule has 0 amide bonds. The average molecular weight is 363 g/mol. The fourth-order valence-electron chi connectivity index (χ4n) is 4.36. The van der Waals surface area contributed by atoms with Crippen molar-refractivity contribution in [2.45, 2.75) is 50.6 Å². The van der Waals surface area contributed by atoms with Gasteiger partial charge < -0.3 is 20.1 Å². The van der Waals surface area contributed by atoms with Gasteiger partial charge in [0.2, 0.25) is 6.79 Å². The second-order valence-electron chi connectivity index (χ2n) is 7.64. The highest BCUT2D eigenvalue weighted by Gasteiger charge is 2.39. The number of amidine groups is 1. The minimum atomic E-state index is -0.0822. The number of fused-ring (bicyclic) bond motifs is 2. The van der Waals surface area contributed by atoms with Gasteiger partial charge in [0.25, 0.3) is 0 Å². The largest absolute Gasteiger partial charge is 0.454 e. The Kier molecular flexibility index (Phi) is 4.15. The lowest BCUT2D eigenvalue weighted by atomic mass is 9.86. The molecule has 2 aromatic rings. The van der Waals surface area contributed by atoms with Gasteiger partial charge in [-0.1, -0.05) is 43.9 Å². The lowest BCUT2D eigenvalue weighted by molar-refractivity contribution is 0.174. The third-order valence-electron chi connectivity index (χ3n) is 5.82. The second kappa shape index (κ2) is 6.80. The van der Waals surface area contributed by atoms with E-state index < -0.39 is 0 Å². The van der Waals surface area contributed by atoms with Crippen molar-refractivity contribution in [2.75, 3.05) is 17.4 Å². The zero-order valence-electron chi connectivity index (χ0n) is 15.5.